The predicted octanol–water partition coefficient (Wildman–Crippen LogP) is 2.15. The molecule has 0 bridgehead atoms. The maximum absolute atomic E-state index is 12.0. The van der Waals surface area contributed by atoms with E-state index in [0.29, 0.717) is 32.0 Å². The van der Waals surface area contributed by atoms with E-state index in [2.05, 4.69) is 22.5 Å². The fourth-order valence-electron chi connectivity index (χ4n) is 4.32. The van der Waals surface area contributed by atoms with E-state index in [1.165, 1.54) is 25.7 Å². The van der Waals surface area contributed by atoms with Gasteiger partial charge in [-0.25, -0.2) is 0 Å². The van der Waals surface area contributed by atoms with E-state index in [1.54, 1.807) is 0 Å². The van der Waals surface area contributed by atoms with Gasteiger partial charge in [0.1, 0.15) is 6.10 Å². The average molecular weight is 508 g/mol. The van der Waals surface area contributed by atoms with Crippen molar-refractivity contribution in [2.45, 2.75) is 64.1 Å². The molecule has 3 fully saturated rings. The molecule has 0 radical (unpaired) electrons. The average Bonchev–Trinajstić information content (AvgIpc) is 3.38. The van der Waals surface area contributed by atoms with Crippen LogP contribution in [0.2, 0.25) is 0 Å². The van der Waals surface area contributed by atoms with Crippen molar-refractivity contribution < 1.29 is 14.3 Å². The largest absolute Gasteiger partial charge is 0.375 e. The summed E-state index contributed by atoms with van der Waals surface area (Å²) in [6, 6.07) is 0. The predicted molar refractivity (Wildman–Crippen MR) is 121 cm³/mol. The minimum atomic E-state index is 0. The molecule has 3 rings (SSSR count). The summed E-state index contributed by atoms with van der Waals surface area (Å²) in [5.74, 6) is 1.68. The van der Waals surface area contributed by atoms with Crippen molar-refractivity contribution in [2.24, 2.45) is 10.9 Å². The Labute approximate surface area is 186 Å². The minimum Gasteiger partial charge on any atom is -0.375 e. The van der Waals surface area contributed by atoms with Crippen LogP contribution in [0.25, 0.3) is 0 Å². The number of guanidine groups is 1. The van der Waals surface area contributed by atoms with Crippen LogP contribution in [0.1, 0.15) is 51.9 Å². The van der Waals surface area contributed by atoms with Crippen LogP contribution in [-0.2, 0) is 14.3 Å². The Balaban J connectivity index is 0.00000280. The second kappa shape index (κ2) is 12.8. The molecule has 0 aromatic rings. The minimum absolute atomic E-state index is 0. The highest BCUT2D eigenvalue weighted by Gasteiger charge is 2.32. The quantitative estimate of drug-likeness (QED) is 0.239. The molecular formula is C20H37IN4O3. The molecule has 2 unspecified atom stereocenters. The first-order valence-electron chi connectivity index (χ1n) is 10.8. The van der Waals surface area contributed by atoms with Gasteiger partial charge in [-0.1, -0.05) is 12.8 Å². The van der Waals surface area contributed by atoms with Gasteiger partial charge in [0.2, 0.25) is 5.91 Å². The summed E-state index contributed by atoms with van der Waals surface area (Å²) >= 11 is 0. The Morgan fingerprint density at radius 2 is 1.86 bits per heavy atom. The Morgan fingerprint density at radius 3 is 2.57 bits per heavy atom. The van der Waals surface area contributed by atoms with Crippen molar-refractivity contribution in [2.75, 3.05) is 45.9 Å². The number of carbonyl (C=O) groups is 1. The van der Waals surface area contributed by atoms with Gasteiger partial charge in [-0.2, -0.15) is 0 Å². The maximum Gasteiger partial charge on any atom is 0.220 e. The van der Waals surface area contributed by atoms with Gasteiger partial charge < -0.3 is 25.0 Å². The summed E-state index contributed by atoms with van der Waals surface area (Å²) in [6.07, 6.45) is 8.19. The number of ether oxygens (including phenoxy) is 2. The van der Waals surface area contributed by atoms with E-state index in [1.807, 2.05) is 0 Å². The topological polar surface area (TPSA) is 75.2 Å². The molecule has 28 heavy (non-hydrogen) atoms. The second-order valence-corrected chi connectivity index (χ2v) is 7.85. The summed E-state index contributed by atoms with van der Waals surface area (Å²) in [5.41, 5.74) is 0. The number of aliphatic imine (C=N–C) groups is 1. The third-order valence-electron chi connectivity index (χ3n) is 5.75. The molecule has 3 aliphatic rings. The van der Waals surface area contributed by atoms with Crippen molar-refractivity contribution in [1.29, 1.82) is 0 Å². The first-order chi connectivity index (χ1) is 13.3. The third kappa shape index (κ3) is 7.33. The van der Waals surface area contributed by atoms with E-state index in [-0.39, 0.29) is 42.1 Å². The zero-order valence-electron chi connectivity index (χ0n) is 17.2. The lowest BCUT2D eigenvalue weighted by molar-refractivity contribution is -0.121. The smallest absolute Gasteiger partial charge is 0.220 e. The number of hydrogen-bond acceptors (Lipinski definition) is 4. The molecule has 2 atom stereocenters. The van der Waals surface area contributed by atoms with Gasteiger partial charge >= 0.3 is 0 Å². The highest BCUT2D eigenvalue weighted by atomic mass is 127. The van der Waals surface area contributed by atoms with Gasteiger partial charge in [-0.15, -0.1) is 24.0 Å². The molecule has 7 nitrogen and oxygen atoms in total. The lowest BCUT2D eigenvalue weighted by Gasteiger charge is -2.37. The molecule has 2 saturated heterocycles. The molecular weight excluding hydrogens is 471 g/mol. The van der Waals surface area contributed by atoms with Gasteiger partial charge in [0.15, 0.2) is 5.96 Å². The number of rotatable bonds is 7. The molecule has 0 spiro atoms. The fraction of sp³-hybridized carbons (Fsp3) is 0.900. The normalized spacial score (nSPS) is 26.2. The molecule has 0 aromatic heterocycles. The SMILES string of the molecule is CCNC(=NCCNC(=O)CC1CCCC1)N1CCOC(C2CCCO2)C1.I. The van der Waals surface area contributed by atoms with Gasteiger partial charge in [-0.3, -0.25) is 9.79 Å². The van der Waals surface area contributed by atoms with Crippen molar-refractivity contribution in [3.8, 4) is 0 Å². The number of hydrogen-bond donors (Lipinski definition) is 2. The van der Waals surface area contributed by atoms with Gasteiger partial charge in [-0.05, 0) is 38.5 Å². The van der Waals surface area contributed by atoms with E-state index in [9.17, 15) is 4.79 Å². The van der Waals surface area contributed by atoms with E-state index >= 15 is 0 Å². The number of nitrogens with one attached hydrogen (secondary N) is 2. The summed E-state index contributed by atoms with van der Waals surface area (Å²) < 4.78 is 11.7. The van der Waals surface area contributed by atoms with E-state index in [4.69, 9.17) is 14.5 Å². The summed E-state index contributed by atoms with van der Waals surface area (Å²) in [7, 11) is 0. The van der Waals surface area contributed by atoms with E-state index < -0.39 is 0 Å². The van der Waals surface area contributed by atoms with Crippen LogP contribution >= 0.6 is 24.0 Å². The van der Waals surface area contributed by atoms with Crippen molar-refractivity contribution in [3.05, 3.63) is 0 Å². The number of nitrogens with zero attached hydrogens (tertiary/aromatic N) is 2. The molecule has 2 heterocycles. The number of morpholine rings is 1. The monoisotopic (exact) mass is 508 g/mol. The standard InChI is InChI=1S/C20H36N4O3.HI/c1-2-21-20(23-10-9-22-19(25)14-16-6-3-4-7-16)24-11-13-27-18(15-24)17-8-5-12-26-17;/h16-18H,2-15H2,1H3,(H,21,23)(H,22,25);1H. The van der Waals surface area contributed by atoms with Crippen LogP contribution in [0.4, 0.5) is 0 Å². The zero-order valence-corrected chi connectivity index (χ0v) is 19.5. The van der Waals surface area contributed by atoms with Gasteiger partial charge in [0.25, 0.3) is 0 Å². The Hall–Kier alpha value is -0.610. The van der Waals surface area contributed by atoms with Crippen molar-refractivity contribution >= 4 is 35.8 Å². The molecule has 2 aliphatic heterocycles. The van der Waals surface area contributed by atoms with E-state index in [0.717, 1.165) is 45.0 Å². The van der Waals surface area contributed by atoms with Crippen LogP contribution in [-0.4, -0.2) is 74.9 Å². The van der Waals surface area contributed by atoms with Crippen molar-refractivity contribution in [1.82, 2.24) is 15.5 Å². The molecule has 8 heteroatoms. The number of carbonyl (C=O) groups excluding carboxylic acids is 1. The molecule has 1 saturated carbocycles. The van der Waals surface area contributed by atoms with Crippen LogP contribution in [0.3, 0.4) is 0 Å². The highest BCUT2D eigenvalue weighted by molar-refractivity contribution is 14.0. The van der Waals surface area contributed by atoms with Crippen LogP contribution < -0.4 is 10.6 Å². The maximum atomic E-state index is 12.0. The molecule has 1 aliphatic carbocycles. The molecule has 1 amide bonds. The lowest BCUT2D eigenvalue weighted by Crippen LogP contribution is -2.53. The lowest BCUT2D eigenvalue weighted by atomic mass is 10.0. The highest BCUT2D eigenvalue weighted by Crippen LogP contribution is 2.27. The number of amides is 1. The fourth-order valence-corrected chi connectivity index (χ4v) is 4.32. The van der Waals surface area contributed by atoms with Gasteiger partial charge in [0.05, 0.1) is 19.3 Å². The van der Waals surface area contributed by atoms with Gasteiger partial charge in [0, 0.05) is 39.2 Å². The number of halogens is 1. The first-order valence-corrected chi connectivity index (χ1v) is 10.8. The third-order valence-corrected chi connectivity index (χ3v) is 5.75. The molecule has 2 N–H and O–H groups in total. The van der Waals surface area contributed by atoms with Crippen molar-refractivity contribution in [3.63, 3.8) is 0 Å². The van der Waals surface area contributed by atoms with Crippen LogP contribution in [0.15, 0.2) is 4.99 Å². The van der Waals surface area contributed by atoms with Crippen LogP contribution in [0, 0.1) is 5.92 Å². The van der Waals surface area contributed by atoms with Crippen LogP contribution in [0.5, 0.6) is 0 Å². The Morgan fingerprint density at radius 1 is 1.07 bits per heavy atom. The Bertz CT molecular complexity index is 494. The molecule has 0 aromatic carbocycles. The summed E-state index contributed by atoms with van der Waals surface area (Å²) in [5, 5.41) is 6.40. The zero-order chi connectivity index (χ0) is 18.9. The summed E-state index contributed by atoms with van der Waals surface area (Å²) in [4.78, 5) is 19.0. The Kier molecular flexibility index (Phi) is 10.9. The first kappa shape index (κ1) is 23.7. The summed E-state index contributed by atoms with van der Waals surface area (Å²) in [6.45, 7) is 7.30. The molecule has 162 valence electrons. The second-order valence-electron chi connectivity index (χ2n) is 7.85.